The van der Waals surface area contributed by atoms with E-state index >= 15 is 0 Å². The maximum absolute atomic E-state index is 11.8. The fourth-order valence-corrected chi connectivity index (χ4v) is 2.54. The second-order valence-corrected chi connectivity index (χ2v) is 4.76. The van der Waals surface area contributed by atoms with Crippen LogP contribution in [0.3, 0.4) is 0 Å². The van der Waals surface area contributed by atoms with Crippen molar-refractivity contribution in [2.45, 2.75) is 19.3 Å². The molecule has 0 aliphatic heterocycles. The van der Waals surface area contributed by atoms with Gasteiger partial charge >= 0.3 is 0 Å². The van der Waals surface area contributed by atoms with Crippen molar-refractivity contribution in [3.8, 4) is 0 Å². The smallest absolute Gasteiger partial charge is 0.260 e. The van der Waals surface area contributed by atoms with Gasteiger partial charge in [-0.25, -0.2) is 0 Å². The first-order chi connectivity index (χ1) is 8.72. The minimum absolute atomic E-state index is 0.135. The van der Waals surface area contributed by atoms with Crippen LogP contribution in [0.2, 0.25) is 0 Å². The summed E-state index contributed by atoms with van der Waals surface area (Å²) in [5.74, 6) is 0.251. The van der Waals surface area contributed by atoms with E-state index in [9.17, 15) is 14.7 Å². The highest BCUT2D eigenvalue weighted by molar-refractivity contribution is 5.93. The summed E-state index contributed by atoms with van der Waals surface area (Å²) in [4.78, 5) is 25.7. The van der Waals surface area contributed by atoms with Gasteiger partial charge in [-0.15, -0.1) is 0 Å². The van der Waals surface area contributed by atoms with Crippen LogP contribution in [0.5, 0.6) is 0 Å². The second kappa shape index (κ2) is 5.82. The summed E-state index contributed by atoms with van der Waals surface area (Å²) in [5, 5.41) is 12.0. The topological polar surface area (TPSA) is 82.2 Å². The minimum atomic E-state index is -0.375. The third-order valence-electron chi connectivity index (χ3n) is 3.64. The lowest BCUT2D eigenvalue weighted by molar-refractivity contribution is 0.0936. The molecule has 5 nitrogen and oxygen atoms in total. The van der Waals surface area contributed by atoms with Crippen LogP contribution in [0.4, 0.5) is 0 Å². The Morgan fingerprint density at radius 3 is 2.94 bits per heavy atom. The van der Waals surface area contributed by atoms with Crippen LogP contribution >= 0.6 is 0 Å². The number of aromatic amines is 1. The van der Waals surface area contributed by atoms with E-state index in [2.05, 4.69) is 10.3 Å². The number of carbonyl (C=O) groups excluding carboxylic acids is 1. The molecule has 2 unspecified atom stereocenters. The van der Waals surface area contributed by atoms with E-state index in [0.717, 1.165) is 19.3 Å². The number of rotatable bonds is 4. The molecule has 1 saturated carbocycles. The molecule has 18 heavy (non-hydrogen) atoms. The van der Waals surface area contributed by atoms with Crippen LogP contribution in [0, 0.1) is 11.8 Å². The van der Waals surface area contributed by atoms with Crippen molar-refractivity contribution < 1.29 is 9.90 Å². The summed E-state index contributed by atoms with van der Waals surface area (Å²) in [5.41, 5.74) is -0.240. The molecule has 1 aromatic rings. The molecule has 0 bridgehead atoms. The fraction of sp³-hybridized carbons (Fsp3) is 0.538. The van der Waals surface area contributed by atoms with Gasteiger partial charge in [-0.05, 0) is 36.8 Å². The molecule has 0 radical (unpaired) electrons. The summed E-state index contributed by atoms with van der Waals surface area (Å²) < 4.78 is 0. The molecule has 1 aliphatic carbocycles. The van der Waals surface area contributed by atoms with Crippen molar-refractivity contribution in [2.75, 3.05) is 13.2 Å². The van der Waals surface area contributed by atoms with E-state index in [1.165, 1.54) is 12.3 Å². The van der Waals surface area contributed by atoms with Crippen molar-refractivity contribution in [1.29, 1.82) is 0 Å². The number of nitrogens with one attached hydrogen (secondary N) is 2. The molecule has 3 N–H and O–H groups in total. The van der Waals surface area contributed by atoms with Gasteiger partial charge in [0.25, 0.3) is 11.5 Å². The van der Waals surface area contributed by atoms with E-state index in [4.69, 9.17) is 0 Å². The fourth-order valence-electron chi connectivity index (χ4n) is 2.54. The Kier molecular flexibility index (Phi) is 4.15. The number of aliphatic hydroxyl groups is 1. The van der Waals surface area contributed by atoms with Gasteiger partial charge in [-0.2, -0.15) is 0 Å². The number of H-pyrrole nitrogens is 1. The summed E-state index contributed by atoms with van der Waals surface area (Å²) in [6, 6.07) is 3.13. The maximum Gasteiger partial charge on any atom is 0.260 e. The second-order valence-electron chi connectivity index (χ2n) is 4.76. The van der Waals surface area contributed by atoms with Crippen molar-refractivity contribution in [3.05, 3.63) is 34.2 Å². The molecule has 5 heteroatoms. The molecular formula is C13H18N2O3. The number of carbonyl (C=O) groups is 1. The number of hydrogen-bond acceptors (Lipinski definition) is 3. The molecule has 1 amide bonds. The van der Waals surface area contributed by atoms with E-state index in [1.54, 1.807) is 6.07 Å². The number of pyridine rings is 1. The molecule has 1 heterocycles. The Balaban J connectivity index is 1.93. The van der Waals surface area contributed by atoms with Gasteiger partial charge in [0.2, 0.25) is 0 Å². The van der Waals surface area contributed by atoms with Crippen molar-refractivity contribution in [1.82, 2.24) is 10.3 Å². The molecule has 1 aliphatic rings. The van der Waals surface area contributed by atoms with Crippen molar-refractivity contribution >= 4 is 5.91 Å². The van der Waals surface area contributed by atoms with Gasteiger partial charge in [-0.1, -0.05) is 6.42 Å². The standard InChI is InChI=1S/C13H18N2O3/c16-8-10-4-1-3-9(10)7-15-13(18)11-5-2-6-14-12(11)17/h2,5-6,9-10,16H,1,3-4,7-8H2,(H,14,17)(H,15,18). The summed E-state index contributed by atoms with van der Waals surface area (Å²) in [7, 11) is 0. The normalized spacial score (nSPS) is 22.9. The van der Waals surface area contributed by atoms with E-state index in [0.29, 0.717) is 12.5 Å². The Morgan fingerprint density at radius 2 is 2.22 bits per heavy atom. The predicted octanol–water partition coefficient (Wildman–Crippen LogP) is 0.513. The van der Waals surface area contributed by atoms with Crippen molar-refractivity contribution in [3.63, 3.8) is 0 Å². The monoisotopic (exact) mass is 250 g/mol. The summed E-state index contributed by atoms with van der Waals surface area (Å²) >= 11 is 0. The average Bonchev–Trinajstić information content (AvgIpc) is 2.84. The highest BCUT2D eigenvalue weighted by atomic mass is 16.3. The number of aromatic nitrogens is 1. The third-order valence-corrected chi connectivity index (χ3v) is 3.64. The maximum atomic E-state index is 11.8. The first kappa shape index (κ1) is 12.8. The van der Waals surface area contributed by atoms with Crippen LogP contribution in [0.15, 0.2) is 23.1 Å². The number of hydrogen-bond donors (Lipinski definition) is 3. The highest BCUT2D eigenvalue weighted by Gasteiger charge is 2.26. The van der Waals surface area contributed by atoms with Crippen molar-refractivity contribution in [2.24, 2.45) is 11.8 Å². The molecule has 0 aromatic carbocycles. The quantitative estimate of drug-likeness (QED) is 0.728. The summed E-state index contributed by atoms with van der Waals surface area (Å²) in [6.07, 6.45) is 4.63. The van der Waals surface area contributed by atoms with Crippen LogP contribution in [0.1, 0.15) is 29.6 Å². The number of aliphatic hydroxyl groups excluding tert-OH is 1. The Morgan fingerprint density at radius 1 is 1.44 bits per heavy atom. The van der Waals surface area contributed by atoms with E-state index in [-0.39, 0.29) is 29.6 Å². The highest BCUT2D eigenvalue weighted by Crippen LogP contribution is 2.30. The zero-order chi connectivity index (χ0) is 13.0. The lowest BCUT2D eigenvalue weighted by atomic mass is 9.97. The molecule has 98 valence electrons. The zero-order valence-electron chi connectivity index (χ0n) is 10.2. The van der Waals surface area contributed by atoms with Crippen LogP contribution < -0.4 is 10.9 Å². The van der Waals surface area contributed by atoms with E-state index < -0.39 is 0 Å². The minimum Gasteiger partial charge on any atom is -0.396 e. The molecule has 2 atom stereocenters. The van der Waals surface area contributed by atoms with Gasteiger partial charge in [0.05, 0.1) is 0 Å². The third kappa shape index (κ3) is 2.79. The number of amides is 1. The van der Waals surface area contributed by atoms with Gasteiger partial charge < -0.3 is 15.4 Å². The predicted molar refractivity (Wildman–Crippen MR) is 67.3 cm³/mol. The molecule has 1 aromatic heterocycles. The largest absolute Gasteiger partial charge is 0.396 e. The first-order valence-electron chi connectivity index (χ1n) is 6.29. The molecule has 2 rings (SSSR count). The molecule has 1 fully saturated rings. The SMILES string of the molecule is O=C(NCC1CCCC1CO)c1ccc[nH]c1=O. The van der Waals surface area contributed by atoms with Crippen LogP contribution in [0.25, 0.3) is 0 Å². The van der Waals surface area contributed by atoms with E-state index in [1.807, 2.05) is 0 Å². The van der Waals surface area contributed by atoms with Gasteiger partial charge in [0.15, 0.2) is 0 Å². The van der Waals surface area contributed by atoms with Gasteiger partial charge in [0, 0.05) is 19.3 Å². The van der Waals surface area contributed by atoms with Gasteiger partial charge in [0.1, 0.15) is 5.56 Å². The Hall–Kier alpha value is -1.62. The molecule has 0 spiro atoms. The van der Waals surface area contributed by atoms with Crippen LogP contribution in [-0.4, -0.2) is 29.1 Å². The van der Waals surface area contributed by atoms with Gasteiger partial charge in [-0.3, -0.25) is 9.59 Å². The first-order valence-corrected chi connectivity index (χ1v) is 6.29. The molecular weight excluding hydrogens is 232 g/mol. The zero-order valence-corrected chi connectivity index (χ0v) is 10.2. The lowest BCUT2D eigenvalue weighted by Gasteiger charge is -2.17. The van der Waals surface area contributed by atoms with Crippen LogP contribution in [-0.2, 0) is 0 Å². The lowest BCUT2D eigenvalue weighted by Crippen LogP contribution is -2.34. The Labute approximate surface area is 105 Å². The molecule has 0 saturated heterocycles. The summed E-state index contributed by atoms with van der Waals surface area (Å²) in [6.45, 7) is 0.699. The Bertz CT molecular complexity index is 469. The average molecular weight is 250 g/mol.